The van der Waals surface area contributed by atoms with E-state index in [4.69, 9.17) is 14.0 Å². The highest BCUT2D eigenvalue weighted by atomic mass is 31.2. The van der Waals surface area contributed by atoms with Gasteiger partial charge in [0, 0.05) is 13.2 Å². The summed E-state index contributed by atoms with van der Waals surface area (Å²) < 4.78 is 28.3. The van der Waals surface area contributed by atoms with E-state index >= 15 is 0 Å². The first-order chi connectivity index (χ1) is 17.9. The number of phosphoric ester groups is 1. The van der Waals surface area contributed by atoms with Gasteiger partial charge in [-0.3, -0.25) is 9.32 Å². The van der Waals surface area contributed by atoms with Crippen molar-refractivity contribution in [2.24, 2.45) is 5.92 Å². The SMILES string of the molecule is CCCCCCCCCCCCCCCCOCC(CC(C(=O)O)C(C[N+](C)(C)C)OP(=O)(O)O)OCC. The second-order valence-electron chi connectivity index (χ2n) is 11.5. The van der Waals surface area contributed by atoms with E-state index in [1.165, 1.54) is 77.0 Å². The molecule has 0 amide bonds. The minimum atomic E-state index is -4.86. The van der Waals surface area contributed by atoms with E-state index in [1.807, 2.05) is 28.1 Å². The van der Waals surface area contributed by atoms with Crippen LogP contribution in [-0.2, 0) is 23.4 Å². The van der Waals surface area contributed by atoms with Crippen molar-refractivity contribution < 1.29 is 42.7 Å². The Labute approximate surface area is 232 Å². The number of carboxylic acids is 1. The van der Waals surface area contributed by atoms with Gasteiger partial charge < -0.3 is 28.9 Å². The molecule has 0 aromatic carbocycles. The van der Waals surface area contributed by atoms with Gasteiger partial charge in [-0.1, -0.05) is 90.4 Å². The van der Waals surface area contributed by atoms with Crippen molar-refractivity contribution in [3.05, 3.63) is 0 Å². The van der Waals surface area contributed by atoms with Crippen molar-refractivity contribution in [2.45, 2.75) is 122 Å². The first-order valence-electron chi connectivity index (χ1n) is 14.9. The van der Waals surface area contributed by atoms with Crippen LogP contribution in [0.2, 0.25) is 0 Å². The molecule has 0 rings (SSSR count). The number of hydrogen-bond acceptors (Lipinski definition) is 5. The number of likely N-dealkylation sites (N-methyl/N-ethyl adjacent to an activating group) is 1. The number of aliphatic carboxylic acids is 1. The van der Waals surface area contributed by atoms with E-state index in [9.17, 15) is 24.3 Å². The Morgan fingerprint density at radius 1 is 0.816 bits per heavy atom. The number of nitrogens with zero attached hydrogens (tertiary/aromatic N) is 1. The molecule has 3 unspecified atom stereocenters. The maximum absolute atomic E-state index is 12.0. The van der Waals surface area contributed by atoms with Gasteiger partial charge in [0.2, 0.25) is 0 Å². The molecular formula is C28H59NO8P+. The molecule has 3 atom stereocenters. The first kappa shape index (κ1) is 37.5. The topological polar surface area (TPSA) is 123 Å². The number of rotatable bonds is 27. The normalized spacial score (nSPS) is 14.9. The van der Waals surface area contributed by atoms with Crippen LogP contribution in [0, 0.1) is 5.92 Å². The second kappa shape index (κ2) is 22.2. The van der Waals surface area contributed by atoms with Gasteiger partial charge in [0.15, 0.2) is 0 Å². The quantitative estimate of drug-likeness (QED) is 0.0611. The van der Waals surface area contributed by atoms with Gasteiger partial charge in [-0.2, -0.15) is 0 Å². The summed E-state index contributed by atoms with van der Waals surface area (Å²) in [6.07, 6.45) is 16.5. The van der Waals surface area contributed by atoms with Crippen molar-refractivity contribution in [3.63, 3.8) is 0 Å². The van der Waals surface area contributed by atoms with Gasteiger partial charge >= 0.3 is 13.8 Å². The molecule has 0 aliphatic carbocycles. The molecule has 0 fully saturated rings. The summed E-state index contributed by atoms with van der Waals surface area (Å²) in [6, 6.07) is 0. The van der Waals surface area contributed by atoms with Crippen molar-refractivity contribution >= 4 is 13.8 Å². The maximum Gasteiger partial charge on any atom is 0.470 e. The fraction of sp³-hybridized carbons (Fsp3) is 0.964. The van der Waals surface area contributed by atoms with Crippen LogP contribution in [0.5, 0.6) is 0 Å². The van der Waals surface area contributed by atoms with Crippen LogP contribution in [0.1, 0.15) is 110 Å². The third-order valence-electron chi connectivity index (χ3n) is 6.63. The molecule has 9 nitrogen and oxygen atoms in total. The summed E-state index contributed by atoms with van der Waals surface area (Å²) in [6.45, 7) is 5.42. The van der Waals surface area contributed by atoms with Crippen LogP contribution in [0.25, 0.3) is 0 Å². The van der Waals surface area contributed by atoms with Gasteiger partial charge in [-0.05, 0) is 19.8 Å². The number of quaternary nitrogens is 1. The number of carboxylic acid groups (broad SMARTS) is 1. The standard InChI is InChI=1S/C28H58NO8P/c1-6-8-9-10-11-12-13-14-15-16-17-18-19-20-21-35-24-25(36-7-2)22-26(28(30)31)27(23-29(3,4)5)37-38(32,33)34/h25-27H,6-24H2,1-5H3,(H2-,30,31,32,33,34)/p+1. The third kappa shape index (κ3) is 23.4. The molecule has 228 valence electrons. The molecule has 0 aromatic heterocycles. The maximum atomic E-state index is 12.0. The fourth-order valence-electron chi connectivity index (χ4n) is 4.68. The lowest BCUT2D eigenvalue weighted by atomic mass is 9.94. The molecule has 0 saturated heterocycles. The largest absolute Gasteiger partial charge is 0.481 e. The lowest BCUT2D eigenvalue weighted by Crippen LogP contribution is -2.47. The molecule has 0 bridgehead atoms. The van der Waals surface area contributed by atoms with Crippen molar-refractivity contribution in [2.75, 3.05) is 47.5 Å². The molecule has 0 saturated carbocycles. The van der Waals surface area contributed by atoms with Crippen molar-refractivity contribution in [3.8, 4) is 0 Å². The van der Waals surface area contributed by atoms with E-state index in [0.717, 1.165) is 12.8 Å². The highest BCUT2D eigenvalue weighted by Crippen LogP contribution is 2.40. The molecular weight excluding hydrogens is 509 g/mol. The van der Waals surface area contributed by atoms with E-state index in [-0.39, 0.29) is 19.6 Å². The molecule has 3 N–H and O–H groups in total. The first-order valence-corrected chi connectivity index (χ1v) is 16.4. The Morgan fingerprint density at radius 2 is 1.29 bits per heavy atom. The number of carbonyl (C=O) groups is 1. The van der Waals surface area contributed by atoms with Gasteiger partial charge in [0.05, 0.1) is 39.8 Å². The zero-order valence-corrected chi connectivity index (χ0v) is 25.8. The second-order valence-corrected chi connectivity index (χ2v) is 12.7. The van der Waals surface area contributed by atoms with Crippen LogP contribution in [0.4, 0.5) is 0 Å². The summed E-state index contributed by atoms with van der Waals surface area (Å²) in [4.78, 5) is 30.7. The predicted molar refractivity (Wildman–Crippen MR) is 152 cm³/mol. The average molecular weight is 569 g/mol. The summed E-state index contributed by atoms with van der Waals surface area (Å²) in [7, 11) is 0.582. The Kier molecular flexibility index (Phi) is 21.9. The molecule has 0 spiro atoms. The van der Waals surface area contributed by atoms with E-state index < -0.39 is 31.9 Å². The van der Waals surface area contributed by atoms with Crippen LogP contribution in [0.15, 0.2) is 0 Å². The van der Waals surface area contributed by atoms with Crippen LogP contribution in [-0.4, -0.2) is 85.1 Å². The Hall–Kier alpha value is -0.540. The zero-order chi connectivity index (χ0) is 28.9. The Morgan fingerprint density at radius 3 is 1.68 bits per heavy atom. The number of phosphoric acid groups is 1. The molecule has 0 radical (unpaired) electrons. The average Bonchev–Trinajstić information content (AvgIpc) is 2.79. The van der Waals surface area contributed by atoms with Gasteiger partial charge in [-0.15, -0.1) is 0 Å². The van der Waals surface area contributed by atoms with Gasteiger partial charge in [0.25, 0.3) is 0 Å². The minimum Gasteiger partial charge on any atom is -0.481 e. The number of unbranched alkanes of at least 4 members (excludes halogenated alkanes) is 13. The van der Waals surface area contributed by atoms with Gasteiger partial charge in [-0.25, -0.2) is 4.57 Å². The minimum absolute atomic E-state index is 0.0482. The molecule has 0 aliphatic rings. The van der Waals surface area contributed by atoms with Crippen molar-refractivity contribution in [1.29, 1.82) is 0 Å². The highest BCUT2D eigenvalue weighted by molar-refractivity contribution is 7.46. The van der Waals surface area contributed by atoms with Crippen LogP contribution < -0.4 is 0 Å². The van der Waals surface area contributed by atoms with Crippen LogP contribution in [0.3, 0.4) is 0 Å². The summed E-state index contributed by atoms with van der Waals surface area (Å²) >= 11 is 0. The predicted octanol–water partition coefficient (Wildman–Crippen LogP) is 6.16. The number of hydrogen-bond donors (Lipinski definition) is 3. The van der Waals surface area contributed by atoms with E-state index in [1.54, 1.807) is 0 Å². The Balaban J connectivity index is 4.27. The lowest BCUT2D eigenvalue weighted by Gasteiger charge is -2.33. The molecule has 38 heavy (non-hydrogen) atoms. The number of ether oxygens (including phenoxy) is 2. The fourth-order valence-corrected chi connectivity index (χ4v) is 5.24. The molecule has 10 heteroatoms. The van der Waals surface area contributed by atoms with E-state index in [0.29, 0.717) is 17.7 Å². The Bertz CT molecular complexity index is 622. The summed E-state index contributed by atoms with van der Waals surface area (Å²) in [5.41, 5.74) is 0. The van der Waals surface area contributed by atoms with Gasteiger partial charge in [0.1, 0.15) is 12.6 Å². The van der Waals surface area contributed by atoms with E-state index in [2.05, 4.69) is 6.92 Å². The highest BCUT2D eigenvalue weighted by Gasteiger charge is 2.39. The zero-order valence-electron chi connectivity index (χ0n) is 24.9. The lowest BCUT2D eigenvalue weighted by molar-refractivity contribution is -0.873. The summed E-state index contributed by atoms with van der Waals surface area (Å²) in [5, 5.41) is 9.83. The smallest absolute Gasteiger partial charge is 0.470 e. The third-order valence-corrected chi connectivity index (χ3v) is 7.18. The van der Waals surface area contributed by atoms with Crippen molar-refractivity contribution in [1.82, 2.24) is 0 Å². The molecule has 0 aromatic rings. The molecule has 0 aliphatic heterocycles. The molecule has 0 heterocycles. The van der Waals surface area contributed by atoms with Crippen LogP contribution >= 0.6 is 7.82 Å². The summed E-state index contributed by atoms with van der Waals surface area (Å²) in [5.74, 6) is -2.31. The monoisotopic (exact) mass is 568 g/mol.